The molecule has 6 N–H and O–H groups in total. The highest BCUT2D eigenvalue weighted by atomic mass is 16.4. The summed E-state index contributed by atoms with van der Waals surface area (Å²) in [6.45, 7) is 4.81. The highest BCUT2D eigenvalue weighted by Crippen LogP contribution is 2.30. The van der Waals surface area contributed by atoms with Gasteiger partial charge in [0.05, 0.1) is 12.5 Å². The van der Waals surface area contributed by atoms with Gasteiger partial charge in [-0.25, -0.2) is 0 Å². The second-order valence-electron chi connectivity index (χ2n) is 9.52. The minimum Gasteiger partial charge on any atom is -0.426 e. The lowest BCUT2D eigenvalue weighted by Gasteiger charge is -2.31. The molecular weight excluding hydrogens is 427 g/mol. The summed E-state index contributed by atoms with van der Waals surface area (Å²) in [6.07, 6.45) is 7.08. The van der Waals surface area contributed by atoms with E-state index in [4.69, 9.17) is 10.0 Å². The molecule has 186 valence electrons. The van der Waals surface area contributed by atoms with Crippen LogP contribution in [0, 0.1) is 17.8 Å². The van der Waals surface area contributed by atoms with Crippen LogP contribution < -0.4 is 21.3 Å². The van der Waals surface area contributed by atoms with Crippen LogP contribution in [0.3, 0.4) is 0 Å². The second kappa shape index (κ2) is 12.9. The molecule has 0 radical (unpaired) electrons. The minimum atomic E-state index is -1.71. The first-order valence-electron chi connectivity index (χ1n) is 12.2. The summed E-state index contributed by atoms with van der Waals surface area (Å²) >= 11 is 0. The quantitative estimate of drug-likeness (QED) is 0.216. The molecule has 0 aromatic heterocycles. The molecule has 2 fully saturated rings. The number of hydrogen-bond donors (Lipinski definition) is 6. The van der Waals surface area contributed by atoms with E-state index < -0.39 is 37.0 Å². The van der Waals surface area contributed by atoms with Crippen molar-refractivity contribution in [2.75, 3.05) is 6.54 Å². The van der Waals surface area contributed by atoms with Gasteiger partial charge in [-0.15, -0.1) is 0 Å². The lowest BCUT2D eigenvalue weighted by atomic mass is 9.81. The summed E-state index contributed by atoms with van der Waals surface area (Å²) < 4.78 is 0. The number of carbonyl (C=O) groups excluding carboxylic acids is 4. The van der Waals surface area contributed by atoms with Crippen molar-refractivity contribution in [3.8, 4) is 0 Å². The predicted molar refractivity (Wildman–Crippen MR) is 123 cm³/mol. The Morgan fingerprint density at radius 1 is 0.909 bits per heavy atom. The fourth-order valence-corrected chi connectivity index (χ4v) is 4.23. The van der Waals surface area contributed by atoms with E-state index in [1.807, 2.05) is 13.8 Å². The Labute approximate surface area is 196 Å². The summed E-state index contributed by atoms with van der Waals surface area (Å²) in [5.41, 5.74) is 0. The third-order valence-electron chi connectivity index (χ3n) is 6.98. The first-order valence-corrected chi connectivity index (χ1v) is 12.2. The van der Waals surface area contributed by atoms with E-state index >= 15 is 0 Å². The summed E-state index contributed by atoms with van der Waals surface area (Å²) in [4.78, 5) is 50.6. The average molecular weight is 466 g/mol. The van der Waals surface area contributed by atoms with Crippen LogP contribution in [0.1, 0.15) is 72.1 Å². The summed E-state index contributed by atoms with van der Waals surface area (Å²) in [7, 11) is -1.71. The third kappa shape index (κ3) is 7.99. The normalized spacial score (nSPS) is 20.0. The molecule has 0 bridgehead atoms. The Kier molecular flexibility index (Phi) is 10.6. The van der Waals surface area contributed by atoms with Crippen molar-refractivity contribution in [2.24, 2.45) is 17.8 Å². The van der Waals surface area contributed by atoms with Gasteiger partial charge in [-0.2, -0.15) is 0 Å². The average Bonchev–Trinajstić information content (AvgIpc) is 3.26. The monoisotopic (exact) mass is 466 g/mol. The van der Waals surface area contributed by atoms with Crippen LogP contribution in [0.5, 0.6) is 0 Å². The van der Waals surface area contributed by atoms with Crippen molar-refractivity contribution in [2.45, 2.75) is 90.2 Å². The van der Waals surface area contributed by atoms with Crippen molar-refractivity contribution in [3.63, 3.8) is 0 Å². The molecule has 2 rings (SSSR count). The molecule has 0 spiro atoms. The summed E-state index contributed by atoms with van der Waals surface area (Å²) in [6, 6.07) is -1.53. The second-order valence-corrected chi connectivity index (χ2v) is 9.52. The maximum absolute atomic E-state index is 13.2. The lowest BCUT2D eigenvalue weighted by molar-refractivity contribution is -0.136. The molecule has 2 aliphatic carbocycles. The van der Waals surface area contributed by atoms with Gasteiger partial charge in [0.25, 0.3) is 0 Å². The molecule has 2 aliphatic rings. The van der Waals surface area contributed by atoms with Crippen LogP contribution in [-0.4, -0.2) is 65.4 Å². The van der Waals surface area contributed by atoms with Gasteiger partial charge in [0, 0.05) is 5.92 Å². The van der Waals surface area contributed by atoms with Gasteiger partial charge >= 0.3 is 7.12 Å². The van der Waals surface area contributed by atoms with E-state index in [9.17, 15) is 19.2 Å². The lowest BCUT2D eigenvalue weighted by Crippen LogP contribution is -2.58. The van der Waals surface area contributed by atoms with Gasteiger partial charge < -0.3 is 31.3 Å². The van der Waals surface area contributed by atoms with Gasteiger partial charge in [0.2, 0.25) is 23.6 Å². The van der Waals surface area contributed by atoms with Crippen molar-refractivity contribution in [1.82, 2.24) is 21.3 Å². The predicted octanol–water partition coefficient (Wildman–Crippen LogP) is -0.375. The van der Waals surface area contributed by atoms with E-state index in [0.717, 1.165) is 44.9 Å². The van der Waals surface area contributed by atoms with E-state index in [1.54, 1.807) is 0 Å². The Bertz CT molecular complexity index is 696. The van der Waals surface area contributed by atoms with Crippen molar-refractivity contribution in [1.29, 1.82) is 0 Å². The highest BCUT2D eigenvalue weighted by Gasteiger charge is 2.37. The highest BCUT2D eigenvalue weighted by molar-refractivity contribution is 6.43. The number of nitrogens with one attached hydrogen (secondary N) is 4. The number of rotatable bonds is 12. The Morgan fingerprint density at radius 2 is 1.55 bits per heavy atom. The molecule has 11 heteroatoms. The third-order valence-corrected chi connectivity index (χ3v) is 6.98. The molecule has 0 unspecified atom stereocenters. The minimum absolute atomic E-state index is 0.0336. The first kappa shape index (κ1) is 27.1. The van der Waals surface area contributed by atoms with Crippen LogP contribution in [0.4, 0.5) is 0 Å². The van der Waals surface area contributed by atoms with Gasteiger partial charge in [-0.1, -0.05) is 39.5 Å². The SMILES string of the molecule is CC[C@H](C)[C@H](NC(=O)[C@@H](NC(=O)C1CCC1)C1CCCC1)C(=O)NCC(=O)N[C@@H](C)B(O)O. The van der Waals surface area contributed by atoms with Gasteiger partial charge in [0.15, 0.2) is 0 Å². The van der Waals surface area contributed by atoms with Crippen molar-refractivity contribution < 1.29 is 29.2 Å². The van der Waals surface area contributed by atoms with E-state index in [0.29, 0.717) is 6.42 Å². The molecular formula is C22H39BN4O6. The fourth-order valence-electron chi connectivity index (χ4n) is 4.23. The van der Waals surface area contributed by atoms with E-state index in [-0.39, 0.29) is 36.1 Å². The fraction of sp³-hybridized carbons (Fsp3) is 0.818. The van der Waals surface area contributed by atoms with E-state index in [1.165, 1.54) is 6.92 Å². The Balaban J connectivity index is 2.01. The maximum atomic E-state index is 13.2. The summed E-state index contributed by atoms with van der Waals surface area (Å²) in [5.74, 6) is -2.59. The molecule has 0 aliphatic heterocycles. The zero-order chi connectivity index (χ0) is 24.5. The zero-order valence-corrected chi connectivity index (χ0v) is 19.9. The van der Waals surface area contributed by atoms with Crippen LogP contribution in [0.15, 0.2) is 0 Å². The first-order chi connectivity index (χ1) is 15.6. The standard InChI is InChI=1S/C22H39BN4O6/c1-4-13(2)18(21(30)24-12-17(28)25-14(3)23(32)33)26-22(31)19(15-8-5-6-9-15)27-20(29)16-10-7-11-16/h13-16,18-19,32-33H,4-12H2,1-3H3,(H,24,30)(H,25,28)(H,26,31)(H,27,29)/t13-,14-,18-,19-/m0/s1. The molecule has 2 saturated carbocycles. The summed E-state index contributed by atoms with van der Waals surface area (Å²) in [5, 5.41) is 28.8. The Morgan fingerprint density at radius 3 is 2.06 bits per heavy atom. The van der Waals surface area contributed by atoms with Crippen LogP contribution in [0.2, 0.25) is 0 Å². The van der Waals surface area contributed by atoms with Gasteiger partial charge in [-0.05, 0) is 44.4 Å². The smallest absolute Gasteiger partial charge is 0.426 e. The van der Waals surface area contributed by atoms with Crippen molar-refractivity contribution >= 4 is 30.7 Å². The molecule has 0 aromatic carbocycles. The molecule has 4 amide bonds. The van der Waals surface area contributed by atoms with Gasteiger partial charge in [-0.3, -0.25) is 19.2 Å². The molecule has 0 saturated heterocycles. The van der Waals surface area contributed by atoms with Crippen molar-refractivity contribution in [3.05, 3.63) is 0 Å². The number of carbonyl (C=O) groups is 4. The molecule has 33 heavy (non-hydrogen) atoms. The molecule has 0 heterocycles. The zero-order valence-electron chi connectivity index (χ0n) is 19.9. The molecule has 0 aromatic rings. The van der Waals surface area contributed by atoms with Gasteiger partial charge in [0.1, 0.15) is 12.1 Å². The number of hydrogen-bond acceptors (Lipinski definition) is 6. The van der Waals surface area contributed by atoms with E-state index in [2.05, 4.69) is 21.3 Å². The largest absolute Gasteiger partial charge is 0.475 e. The van der Waals surface area contributed by atoms with Crippen LogP contribution in [0.25, 0.3) is 0 Å². The Hall–Kier alpha value is -2.14. The van der Waals surface area contributed by atoms with Crippen LogP contribution in [-0.2, 0) is 19.2 Å². The van der Waals surface area contributed by atoms with Crippen LogP contribution >= 0.6 is 0 Å². The molecule has 10 nitrogen and oxygen atoms in total. The topological polar surface area (TPSA) is 157 Å². The molecule has 4 atom stereocenters. The maximum Gasteiger partial charge on any atom is 0.475 e. The number of amides is 4.